The minimum absolute atomic E-state index is 0.115. The molecule has 1 aromatic carbocycles. The lowest BCUT2D eigenvalue weighted by Crippen LogP contribution is -2.48. The van der Waals surface area contributed by atoms with Crippen LogP contribution >= 0.6 is 0 Å². The van der Waals surface area contributed by atoms with Crippen molar-refractivity contribution in [1.29, 1.82) is 0 Å². The first-order valence-electron chi connectivity index (χ1n) is 10.1. The Bertz CT molecular complexity index is 650. The fourth-order valence-corrected chi connectivity index (χ4v) is 4.36. The summed E-state index contributed by atoms with van der Waals surface area (Å²) < 4.78 is 0. The van der Waals surface area contributed by atoms with Crippen molar-refractivity contribution in [2.24, 2.45) is 11.8 Å². The van der Waals surface area contributed by atoms with Gasteiger partial charge in [0.2, 0.25) is 11.8 Å². The Morgan fingerprint density at radius 1 is 0.962 bits per heavy atom. The second kappa shape index (κ2) is 7.81. The molecule has 26 heavy (non-hydrogen) atoms. The molecule has 4 heteroatoms. The quantitative estimate of drug-likeness (QED) is 0.812. The largest absolute Gasteiger partial charge is 0.326 e. The predicted octanol–water partition coefficient (Wildman–Crippen LogP) is 5.14. The molecule has 0 spiro atoms. The Labute approximate surface area is 157 Å². The van der Waals surface area contributed by atoms with Crippen molar-refractivity contribution in [3.8, 4) is 0 Å². The van der Waals surface area contributed by atoms with Crippen LogP contribution < -0.4 is 10.2 Å². The molecule has 142 valence electrons. The lowest BCUT2D eigenvalue weighted by Gasteiger charge is -2.37. The molecule has 0 saturated heterocycles. The third-order valence-corrected chi connectivity index (χ3v) is 5.69. The van der Waals surface area contributed by atoms with E-state index in [1.165, 1.54) is 0 Å². The van der Waals surface area contributed by atoms with Crippen LogP contribution in [0, 0.1) is 11.8 Å². The molecule has 1 aromatic rings. The maximum atomic E-state index is 13.2. The molecule has 2 aliphatic rings. The molecular weight excluding hydrogens is 324 g/mol. The van der Waals surface area contributed by atoms with E-state index in [0.717, 1.165) is 62.7 Å². The lowest BCUT2D eigenvalue weighted by molar-refractivity contribution is -0.123. The SMILES string of the molecule is CC(C)(C)N(C(=O)C1CCCC1)c1cccc(NC(=O)C2CCCC2)c1. The summed E-state index contributed by atoms with van der Waals surface area (Å²) in [4.78, 5) is 27.5. The number of hydrogen-bond acceptors (Lipinski definition) is 2. The van der Waals surface area contributed by atoms with E-state index >= 15 is 0 Å². The van der Waals surface area contributed by atoms with Gasteiger partial charge in [-0.15, -0.1) is 0 Å². The molecule has 2 fully saturated rings. The number of hydrogen-bond donors (Lipinski definition) is 1. The van der Waals surface area contributed by atoms with Crippen molar-refractivity contribution in [1.82, 2.24) is 0 Å². The van der Waals surface area contributed by atoms with Gasteiger partial charge in [-0.3, -0.25) is 9.59 Å². The number of rotatable bonds is 4. The molecule has 0 atom stereocenters. The molecular formula is C22H32N2O2. The van der Waals surface area contributed by atoms with E-state index in [4.69, 9.17) is 0 Å². The Balaban J connectivity index is 1.80. The summed E-state index contributed by atoms with van der Waals surface area (Å²) in [5.41, 5.74) is 1.36. The van der Waals surface area contributed by atoms with Crippen LogP contribution in [-0.4, -0.2) is 17.4 Å². The van der Waals surface area contributed by atoms with Crippen LogP contribution in [-0.2, 0) is 9.59 Å². The highest BCUT2D eigenvalue weighted by atomic mass is 16.2. The Hall–Kier alpha value is -1.84. The molecule has 0 aliphatic heterocycles. The monoisotopic (exact) mass is 356 g/mol. The van der Waals surface area contributed by atoms with Gasteiger partial charge in [-0.05, 0) is 64.7 Å². The number of carbonyl (C=O) groups excluding carboxylic acids is 2. The van der Waals surface area contributed by atoms with Gasteiger partial charge < -0.3 is 10.2 Å². The van der Waals surface area contributed by atoms with E-state index in [-0.39, 0.29) is 29.2 Å². The highest BCUT2D eigenvalue weighted by Gasteiger charge is 2.34. The van der Waals surface area contributed by atoms with Gasteiger partial charge in [0.1, 0.15) is 0 Å². The number of carbonyl (C=O) groups is 2. The normalized spacial score (nSPS) is 18.9. The van der Waals surface area contributed by atoms with Crippen LogP contribution in [0.4, 0.5) is 11.4 Å². The average Bonchev–Trinajstić information content (AvgIpc) is 3.28. The smallest absolute Gasteiger partial charge is 0.230 e. The van der Waals surface area contributed by atoms with E-state index in [0.29, 0.717) is 0 Å². The highest BCUT2D eigenvalue weighted by Crippen LogP contribution is 2.34. The number of benzene rings is 1. The fourth-order valence-electron chi connectivity index (χ4n) is 4.36. The van der Waals surface area contributed by atoms with E-state index in [1.807, 2.05) is 29.2 Å². The van der Waals surface area contributed by atoms with Crippen molar-refractivity contribution in [3.63, 3.8) is 0 Å². The maximum Gasteiger partial charge on any atom is 0.230 e. The van der Waals surface area contributed by atoms with E-state index in [9.17, 15) is 9.59 Å². The topological polar surface area (TPSA) is 49.4 Å². The Kier molecular flexibility index (Phi) is 5.69. The second-order valence-electron chi connectivity index (χ2n) is 8.85. The van der Waals surface area contributed by atoms with Crippen molar-refractivity contribution < 1.29 is 9.59 Å². The summed E-state index contributed by atoms with van der Waals surface area (Å²) in [6, 6.07) is 7.77. The molecule has 0 unspecified atom stereocenters. The van der Waals surface area contributed by atoms with Crippen LogP contribution in [0.5, 0.6) is 0 Å². The van der Waals surface area contributed by atoms with Crippen LogP contribution in [0.15, 0.2) is 24.3 Å². The van der Waals surface area contributed by atoms with Crippen LogP contribution in [0.2, 0.25) is 0 Å². The van der Waals surface area contributed by atoms with Gasteiger partial charge in [-0.1, -0.05) is 31.7 Å². The van der Waals surface area contributed by atoms with Crippen molar-refractivity contribution >= 4 is 23.2 Å². The average molecular weight is 357 g/mol. The summed E-state index contributed by atoms with van der Waals surface area (Å²) in [6.07, 6.45) is 8.53. The predicted molar refractivity (Wildman–Crippen MR) is 106 cm³/mol. The number of amides is 2. The first-order valence-corrected chi connectivity index (χ1v) is 10.1. The van der Waals surface area contributed by atoms with Crippen molar-refractivity contribution in [3.05, 3.63) is 24.3 Å². The molecule has 2 amide bonds. The molecule has 1 N–H and O–H groups in total. The Morgan fingerprint density at radius 2 is 1.54 bits per heavy atom. The maximum absolute atomic E-state index is 13.2. The van der Waals surface area contributed by atoms with Gasteiger partial charge in [0.05, 0.1) is 0 Å². The van der Waals surface area contributed by atoms with Gasteiger partial charge in [0.15, 0.2) is 0 Å². The molecule has 2 saturated carbocycles. The zero-order valence-electron chi connectivity index (χ0n) is 16.4. The van der Waals surface area contributed by atoms with Crippen LogP contribution in [0.1, 0.15) is 72.1 Å². The van der Waals surface area contributed by atoms with Gasteiger partial charge in [0.25, 0.3) is 0 Å². The first-order chi connectivity index (χ1) is 12.4. The third-order valence-electron chi connectivity index (χ3n) is 5.69. The van der Waals surface area contributed by atoms with Gasteiger partial charge in [-0.2, -0.15) is 0 Å². The number of nitrogens with one attached hydrogen (secondary N) is 1. The molecule has 0 radical (unpaired) electrons. The fraction of sp³-hybridized carbons (Fsp3) is 0.636. The van der Waals surface area contributed by atoms with Gasteiger partial charge >= 0.3 is 0 Å². The molecule has 0 bridgehead atoms. The Morgan fingerprint density at radius 3 is 2.12 bits per heavy atom. The lowest BCUT2D eigenvalue weighted by atomic mass is 9.98. The summed E-state index contributed by atoms with van der Waals surface area (Å²) >= 11 is 0. The van der Waals surface area contributed by atoms with Gasteiger partial charge in [-0.25, -0.2) is 0 Å². The first kappa shape index (κ1) is 18.9. The zero-order valence-corrected chi connectivity index (χ0v) is 16.4. The zero-order chi connectivity index (χ0) is 18.7. The minimum atomic E-state index is -0.298. The standard InChI is InChI=1S/C22H32N2O2/c1-22(2,3)24(21(26)17-11-6-7-12-17)19-14-8-13-18(15-19)23-20(25)16-9-4-5-10-16/h8,13-17H,4-7,9-12H2,1-3H3,(H,23,25). The minimum Gasteiger partial charge on any atom is -0.326 e. The van der Waals surface area contributed by atoms with Crippen molar-refractivity contribution in [2.75, 3.05) is 10.2 Å². The van der Waals surface area contributed by atoms with Crippen LogP contribution in [0.3, 0.4) is 0 Å². The van der Waals surface area contributed by atoms with Crippen molar-refractivity contribution in [2.45, 2.75) is 77.7 Å². The van der Waals surface area contributed by atoms with E-state index in [2.05, 4.69) is 26.1 Å². The van der Waals surface area contributed by atoms with Gasteiger partial charge in [0, 0.05) is 28.7 Å². The summed E-state index contributed by atoms with van der Waals surface area (Å²) in [6.45, 7) is 6.22. The summed E-state index contributed by atoms with van der Waals surface area (Å²) in [7, 11) is 0. The molecule has 3 rings (SSSR count). The summed E-state index contributed by atoms with van der Waals surface area (Å²) in [5, 5.41) is 3.06. The number of nitrogens with zero attached hydrogens (tertiary/aromatic N) is 1. The molecule has 2 aliphatic carbocycles. The van der Waals surface area contributed by atoms with Crippen LogP contribution in [0.25, 0.3) is 0 Å². The summed E-state index contributed by atoms with van der Waals surface area (Å²) in [5.74, 6) is 0.599. The van der Waals surface area contributed by atoms with E-state index in [1.54, 1.807) is 0 Å². The molecule has 0 heterocycles. The second-order valence-corrected chi connectivity index (χ2v) is 8.85. The van der Waals surface area contributed by atoms with E-state index < -0.39 is 0 Å². The third kappa shape index (κ3) is 4.28. The number of anilines is 2. The highest BCUT2D eigenvalue weighted by molar-refractivity contribution is 5.98. The molecule has 4 nitrogen and oxygen atoms in total. The molecule has 0 aromatic heterocycles.